The molecule has 1 fully saturated rings. The Bertz CT molecular complexity index is 764. The molecule has 136 valence electrons. The van der Waals surface area contributed by atoms with Gasteiger partial charge < -0.3 is 20.3 Å². The van der Waals surface area contributed by atoms with Gasteiger partial charge >= 0.3 is 6.03 Å². The van der Waals surface area contributed by atoms with Gasteiger partial charge in [-0.1, -0.05) is 24.3 Å². The van der Waals surface area contributed by atoms with E-state index < -0.39 is 0 Å². The van der Waals surface area contributed by atoms with E-state index in [1.54, 1.807) is 18.1 Å². The van der Waals surface area contributed by atoms with Crippen LogP contribution in [0.5, 0.6) is 5.75 Å². The molecule has 2 N–H and O–H groups in total. The molecule has 6 heteroatoms. The molecule has 3 amide bonds. The summed E-state index contributed by atoms with van der Waals surface area (Å²) in [6.45, 7) is 1.07. The molecule has 1 aliphatic rings. The Kier molecular flexibility index (Phi) is 5.73. The zero-order valence-electron chi connectivity index (χ0n) is 14.8. The molecule has 0 saturated carbocycles. The van der Waals surface area contributed by atoms with Crippen molar-refractivity contribution in [3.05, 3.63) is 54.6 Å². The maximum absolute atomic E-state index is 12.6. The third kappa shape index (κ3) is 4.53. The molecule has 1 aliphatic heterocycles. The van der Waals surface area contributed by atoms with E-state index in [2.05, 4.69) is 10.6 Å². The van der Waals surface area contributed by atoms with Crippen LogP contribution in [0.25, 0.3) is 0 Å². The van der Waals surface area contributed by atoms with E-state index in [9.17, 15) is 9.59 Å². The molecule has 1 unspecified atom stereocenters. The highest BCUT2D eigenvalue weighted by Crippen LogP contribution is 2.22. The van der Waals surface area contributed by atoms with Gasteiger partial charge in [0, 0.05) is 30.5 Å². The summed E-state index contributed by atoms with van der Waals surface area (Å²) >= 11 is 0. The van der Waals surface area contributed by atoms with Crippen molar-refractivity contribution in [1.29, 1.82) is 0 Å². The van der Waals surface area contributed by atoms with Gasteiger partial charge in [0.25, 0.3) is 0 Å². The SMILES string of the molecule is COc1cccc(NC(=O)C2CCCN(C(=O)Nc3ccccc3)C2)c1. The van der Waals surface area contributed by atoms with Gasteiger partial charge in [0.2, 0.25) is 5.91 Å². The van der Waals surface area contributed by atoms with E-state index in [4.69, 9.17) is 4.74 Å². The van der Waals surface area contributed by atoms with Gasteiger partial charge in [0.1, 0.15) is 5.75 Å². The van der Waals surface area contributed by atoms with Gasteiger partial charge in [0.05, 0.1) is 13.0 Å². The fraction of sp³-hybridized carbons (Fsp3) is 0.300. The van der Waals surface area contributed by atoms with E-state index in [0.29, 0.717) is 24.5 Å². The first kappa shape index (κ1) is 17.8. The monoisotopic (exact) mass is 353 g/mol. The number of benzene rings is 2. The minimum atomic E-state index is -0.225. The van der Waals surface area contributed by atoms with Crippen molar-refractivity contribution in [3.63, 3.8) is 0 Å². The Morgan fingerprint density at radius 2 is 1.81 bits per heavy atom. The number of nitrogens with one attached hydrogen (secondary N) is 2. The van der Waals surface area contributed by atoms with Crippen LogP contribution in [0.1, 0.15) is 12.8 Å². The van der Waals surface area contributed by atoms with Gasteiger partial charge in [-0.25, -0.2) is 4.79 Å². The molecule has 6 nitrogen and oxygen atoms in total. The predicted molar refractivity (Wildman–Crippen MR) is 101 cm³/mol. The molecule has 0 spiro atoms. The minimum absolute atomic E-state index is 0.0736. The van der Waals surface area contributed by atoms with Crippen LogP contribution in [0, 0.1) is 5.92 Å². The van der Waals surface area contributed by atoms with Crippen LogP contribution in [-0.4, -0.2) is 37.0 Å². The lowest BCUT2D eigenvalue weighted by atomic mass is 9.97. The third-order valence-electron chi connectivity index (χ3n) is 4.44. The first-order chi connectivity index (χ1) is 12.7. The van der Waals surface area contributed by atoms with Gasteiger partial charge in [-0.05, 0) is 37.1 Å². The highest BCUT2D eigenvalue weighted by atomic mass is 16.5. The number of hydrogen-bond donors (Lipinski definition) is 2. The fourth-order valence-electron chi connectivity index (χ4n) is 3.04. The number of para-hydroxylation sites is 1. The molecule has 0 aliphatic carbocycles. The second-order valence-electron chi connectivity index (χ2n) is 6.30. The molecular formula is C20H23N3O3. The van der Waals surface area contributed by atoms with Crippen LogP contribution in [0.3, 0.4) is 0 Å². The predicted octanol–water partition coefficient (Wildman–Crippen LogP) is 3.58. The summed E-state index contributed by atoms with van der Waals surface area (Å²) in [5.41, 5.74) is 1.45. The average Bonchev–Trinajstić information content (AvgIpc) is 2.69. The van der Waals surface area contributed by atoms with E-state index in [1.807, 2.05) is 48.5 Å². The molecule has 2 aromatic carbocycles. The largest absolute Gasteiger partial charge is 0.497 e. The van der Waals surface area contributed by atoms with Crippen LogP contribution in [0.4, 0.5) is 16.2 Å². The summed E-state index contributed by atoms with van der Waals surface area (Å²) < 4.78 is 5.17. The number of carbonyl (C=O) groups excluding carboxylic acids is 2. The summed E-state index contributed by atoms with van der Waals surface area (Å²) in [5, 5.41) is 5.79. The highest BCUT2D eigenvalue weighted by Gasteiger charge is 2.28. The van der Waals surface area contributed by atoms with Crippen LogP contribution in [-0.2, 0) is 4.79 Å². The first-order valence-electron chi connectivity index (χ1n) is 8.71. The summed E-state index contributed by atoms with van der Waals surface area (Å²) in [6, 6.07) is 16.4. The van der Waals surface area contributed by atoms with E-state index in [1.165, 1.54) is 0 Å². The Morgan fingerprint density at radius 3 is 2.58 bits per heavy atom. The Morgan fingerprint density at radius 1 is 1.04 bits per heavy atom. The first-order valence-corrected chi connectivity index (χ1v) is 8.71. The van der Waals surface area contributed by atoms with E-state index >= 15 is 0 Å². The molecule has 1 heterocycles. The summed E-state index contributed by atoms with van der Waals surface area (Å²) in [5.74, 6) is 0.391. The molecule has 1 saturated heterocycles. The maximum Gasteiger partial charge on any atom is 0.321 e. The van der Waals surface area contributed by atoms with Crippen LogP contribution < -0.4 is 15.4 Å². The number of anilines is 2. The zero-order valence-corrected chi connectivity index (χ0v) is 14.8. The number of rotatable bonds is 4. The molecule has 2 aromatic rings. The lowest BCUT2D eigenvalue weighted by Gasteiger charge is -2.32. The topological polar surface area (TPSA) is 70.7 Å². The molecule has 0 bridgehead atoms. The molecule has 26 heavy (non-hydrogen) atoms. The number of urea groups is 1. The molecule has 3 rings (SSSR count). The highest BCUT2D eigenvalue weighted by molar-refractivity contribution is 5.94. The third-order valence-corrected chi connectivity index (χ3v) is 4.44. The number of hydrogen-bond acceptors (Lipinski definition) is 3. The molecule has 0 aromatic heterocycles. The van der Waals surface area contributed by atoms with Crippen molar-refractivity contribution < 1.29 is 14.3 Å². The van der Waals surface area contributed by atoms with Gasteiger partial charge in [-0.3, -0.25) is 4.79 Å². The normalized spacial score (nSPS) is 16.7. The van der Waals surface area contributed by atoms with Gasteiger partial charge in [0.15, 0.2) is 0 Å². The van der Waals surface area contributed by atoms with E-state index in [0.717, 1.165) is 18.5 Å². The fourth-order valence-corrected chi connectivity index (χ4v) is 3.04. The Hall–Kier alpha value is -3.02. The minimum Gasteiger partial charge on any atom is -0.497 e. The number of methoxy groups -OCH3 is 1. The van der Waals surface area contributed by atoms with Gasteiger partial charge in [-0.2, -0.15) is 0 Å². The smallest absolute Gasteiger partial charge is 0.321 e. The summed E-state index contributed by atoms with van der Waals surface area (Å²) in [4.78, 5) is 26.7. The molecular weight excluding hydrogens is 330 g/mol. The van der Waals surface area contributed by atoms with Crippen LogP contribution in [0.2, 0.25) is 0 Å². The Balaban J connectivity index is 1.58. The number of nitrogens with zero attached hydrogens (tertiary/aromatic N) is 1. The number of carbonyl (C=O) groups is 2. The van der Waals surface area contributed by atoms with E-state index in [-0.39, 0.29) is 17.9 Å². The van der Waals surface area contributed by atoms with Crippen molar-refractivity contribution in [1.82, 2.24) is 4.90 Å². The van der Waals surface area contributed by atoms with Crippen molar-refractivity contribution >= 4 is 23.3 Å². The molecule has 1 atom stereocenters. The second-order valence-corrected chi connectivity index (χ2v) is 6.30. The maximum atomic E-state index is 12.6. The lowest BCUT2D eigenvalue weighted by molar-refractivity contribution is -0.121. The Labute approximate surface area is 153 Å². The zero-order chi connectivity index (χ0) is 18.4. The number of amides is 3. The van der Waals surface area contributed by atoms with Crippen molar-refractivity contribution in [3.8, 4) is 5.75 Å². The summed E-state index contributed by atoms with van der Waals surface area (Å²) in [7, 11) is 1.59. The van der Waals surface area contributed by atoms with Crippen molar-refractivity contribution in [2.75, 3.05) is 30.8 Å². The van der Waals surface area contributed by atoms with Crippen molar-refractivity contribution in [2.45, 2.75) is 12.8 Å². The number of likely N-dealkylation sites (tertiary alicyclic amines) is 1. The number of ether oxygens (including phenoxy) is 1. The standard InChI is InChI=1S/C20H23N3O3/c1-26-18-11-5-10-17(13-18)21-19(24)15-7-6-12-23(14-15)20(25)22-16-8-3-2-4-9-16/h2-5,8-11,13,15H,6-7,12,14H2,1H3,(H,21,24)(H,22,25). The lowest BCUT2D eigenvalue weighted by Crippen LogP contribution is -2.45. The van der Waals surface area contributed by atoms with Crippen molar-refractivity contribution in [2.24, 2.45) is 5.92 Å². The average molecular weight is 353 g/mol. The number of piperidine rings is 1. The quantitative estimate of drug-likeness (QED) is 0.883. The second kappa shape index (κ2) is 8.38. The molecule has 0 radical (unpaired) electrons. The summed E-state index contributed by atoms with van der Waals surface area (Å²) in [6.07, 6.45) is 1.57. The van der Waals surface area contributed by atoms with Crippen LogP contribution >= 0.6 is 0 Å². The van der Waals surface area contributed by atoms with Crippen LogP contribution in [0.15, 0.2) is 54.6 Å². The van der Waals surface area contributed by atoms with Gasteiger partial charge in [-0.15, -0.1) is 0 Å².